The Hall–Kier alpha value is -0.670. The molecule has 16 heavy (non-hydrogen) atoms. The van der Waals surface area contributed by atoms with Gasteiger partial charge >= 0.3 is 0 Å². The normalized spacial score (nSPS) is 18.6. The molecular formula is C11H13Cl2NO2. The predicted octanol–water partition coefficient (Wildman–Crippen LogP) is 3.21. The molecule has 0 atom stereocenters. The summed E-state index contributed by atoms with van der Waals surface area (Å²) >= 11 is 11.5. The van der Waals surface area contributed by atoms with Crippen molar-refractivity contribution >= 4 is 29.1 Å². The van der Waals surface area contributed by atoms with E-state index in [9.17, 15) is 4.79 Å². The lowest BCUT2D eigenvalue weighted by atomic mass is 10.0. The standard InChI is InChI=1S/C11H13Cl2NO2/c12-7-11(5-1-2-6-11)14-10(15)8-3-4-9(13)16-8/h3-4H,1-2,5-7H2,(H,14,15). The number of amides is 1. The van der Waals surface area contributed by atoms with Crippen LogP contribution in [0.2, 0.25) is 5.22 Å². The SMILES string of the molecule is O=C(NC1(CCl)CCCC1)c1ccc(Cl)o1. The van der Waals surface area contributed by atoms with Crippen molar-refractivity contribution in [2.45, 2.75) is 31.2 Å². The van der Waals surface area contributed by atoms with E-state index in [1.165, 1.54) is 0 Å². The number of nitrogens with one attached hydrogen (secondary N) is 1. The Morgan fingerprint density at radius 2 is 2.12 bits per heavy atom. The lowest BCUT2D eigenvalue weighted by Gasteiger charge is -2.27. The maximum atomic E-state index is 11.9. The lowest BCUT2D eigenvalue weighted by molar-refractivity contribution is 0.0881. The minimum Gasteiger partial charge on any atom is -0.440 e. The summed E-state index contributed by atoms with van der Waals surface area (Å²) < 4.78 is 5.06. The van der Waals surface area contributed by atoms with Crippen LogP contribution in [0.25, 0.3) is 0 Å². The van der Waals surface area contributed by atoms with Gasteiger partial charge in [-0.25, -0.2) is 0 Å². The largest absolute Gasteiger partial charge is 0.440 e. The molecule has 0 bridgehead atoms. The zero-order valence-electron chi connectivity index (χ0n) is 8.76. The van der Waals surface area contributed by atoms with Gasteiger partial charge in [0.25, 0.3) is 5.91 Å². The molecular weight excluding hydrogens is 249 g/mol. The molecule has 1 amide bonds. The number of hydrogen-bond donors (Lipinski definition) is 1. The third-order valence-corrected chi connectivity index (χ3v) is 3.71. The number of halogens is 2. The van der Waals surface area contributed by atoms with Gasteiger partial charge in [0.15, 0.2) is 11.0 Å². The molecule has 2 rings (SSSR count). The number of rotatable bonds is 3. The monoisotopic (exact) mass is 261 g/mol. The van der Waals surface area contributed by atoms with E-state index in [-0.39, 0.29) is 22.4 Å². The van der Waals surface area contributed by atoms with Crippen molar-refractivity contribution in [3.8, 4) is 0 Å². The van der Waals surface area contributed by atoms with Crippen LogP contribution in [0.15, 0.2) is 16.5 Å². The molecule has 1 heterocycles. The molecule has 1 saturated carbocycles. The van der Waals surface area contributed by atoms with Gasteiger partial charge in [0.05, 0.1) is 5.54 Å². The number of carbonyl (C=O) groups is 1. The van der Waals surface area contributed by atoms with Gasteiger partial charge in [0.1, 0.15) is 0 Å². The van der Waals surface area contributed by atoms with Crippen molar-refractivity contribution in [3.05, 3.63) is 23.1 Å². The van der Waals surface area contributed by atoms with Gasteiger partial charge in [-0.3, -0.25) is 4.79 Å². The van der Waals surface area contributed by atoms with Crippen LogP contribution in [0.3, 0.4) is 0 Å². The fourth-order valence-electron chi connectivity index (χ4n) is 2.08. The van der Waals surface area contributed by atoms with Crippen molar-refractivity contribution in [3.63, 3.8) is 0 Å². The van der Waals surface area contributed by atoms with Crippen molar-refractivity contribution < 1.29 is 9.21 Å². The minimum absolute atomic E-state index is 0.219. The summed E-state index contributed by atoms with van der Waals surface area (Å²) in [5.41, 5.74) is -0.266. The highest BCUT2D eigenvalue weighted by molar-refractivity contribution is 6.29. The first-order chi connectivity index (χ1) is 7.65. The summed E-state index contributed by atoms with van der Waals surface area (Å²) in [6.45, 7) is 0. The van der Waals surface area contributed by atoms with Crippen LogP contribution in [0.5, 0.6) is 0 Å². The summed E-state index contributed by atoms with van der Waals surface area (Å²) in [7, 11) is 0. The van der Waals surface area contributed by atoms with E-state index in [1.807, 2.05) is 0 Å². The highest BCUT2D eigenvalue weighted by atomic mass is 35.5. The van der Waals surface area contributed by atoms with Gasteiger partial charge in [-0.15, -0.1) is 11.6 Å². The average molecular weight is 262 g/mol. The number of furan rings is 1. The van der Waals surface area contributed by atoms with E-state index in [0.717, 1.165) is 25.7 Å². The molecule has 0 aromatic carbocycles. The van der Waals surface area contributed by atoms with Crippen molar-refractivity contribution in [2.24, 2.45) is 0 Å². The zero-order valence-corrected chi connectivity index (χ0v) is 10.3. The second-order valence-corrected chi connectivity index (χ2v) is 4.82. The molecule has 3 nitrogen and oxygen atoms in total. The van der Waals surface area contributed by atoms with E-state index >= 15 is 0 Å². The molecule has 0 saturated heterocycles. The lowest BCUT2D eigenvalue weighted by Crippen LogP contribution is -2.47. The van der Waals surface area contributed by atoms with Gasteiger partial charge in [-0.1, -0.05) is 12.8 Å². The molecule has 1 N–H and O–H groups in total. The maximum absolute atomic E-state index is 11.9. The Balaban J connectivity index is 2.06. The summed E-state index contributed by atoms with van der Waals surface area (Å²) in [6.07, 6.45) is 4.06. The van der Waals surface area contributed by atoms with E-state index in [0.29, 0.717) is 5.88 Å². The molecule has 0 aliphatic heterocycles. The van der Waals surface area contributed by atoms with Crippen LogP contribution in [0, 0.1) is 0 Å². The van der Waals surface area contributed by atoms with Crippen LogP contribution >= 0.6 is 23.2 Å². The third-order valence-electron chi connectivity index (χ3n) is 2.99. The topological polar surface area (TPSA) is 42.2 Å². The average Bonchev–Trinajstić information content (AvgIpc) is 2.88. The fourth-order valence-corrected chi connectivity index (χ4v) is 2.56. The first-order valence-electron chi connectivity index (χ1n) is 5.29. The second-order valence-electron chi connectivity index (χ2n) is 4.18. The highest BCUT2D eigenvalue weighted by Gasteiger charge is 2.35. The molecule has 1 aliphatic rings. The smallest absolute Gasteiger partial charge is 0.287 e. The predicted molar refractivity (Wildman–Crippen MR) is 63.1 cm³/mol. The van der Waals surface area contributed by atoms with Crippen LogP contribution < -0.4 is 5.32 Å². The molecule has 88 valence electrons. The maximum Gasteiger partial charge on any atom is 0.287 e. The molecule has 1 fully saturated rings. The number of carbonyl (C=O) groups excluding carboxylic acids is 1. The molecule has 1 aliphatic carbocycles. The van der Waals surface area contributed by atoms with E-state index < -0.39 is 0 Å². The van der Waals surface area contributed by atoms with Gasteiger partial charge in [0, 0.05) is 5.88 Å². The third kappa shape index (κ3) is 2.36. The second kappa shape index (κ2) is 4.68. The first-order valence-corrected chi connectivity index (χ1v) is 6.20. The van der Waals surface area contributed by atoms with Crippen LogP contribution in [0.4, 0.5) is 0 Å². The number of alkyl halides is 1. The van der Waals surface area contributed by atoms with Gasteiger partial charge in [-0.2, -0.15) is 0 Å². The Labute approximate surface area is 104 Å². The molecule has 1 aromatic rings. The molecule has 0 spiro atoms. The van der Waals surface area contributed by atoms with Gasteiger partial charge < -0.3 is 9.73 Å². The molecule has 0 unspecified atom stereocenters. The summed E-state index contributed by atoms with van der Waals surface area (Å²) in [5.74, 6) is 0.434. The van der Waals surface area contributed by atoms with E-state index in [2.05, 4.69) is 5.32 Å². The Bertz CT molecular complexity index is 383. The van der Waals surface area contributed by atoms with Crippen molar-refractivity contribution in [1.29, 1.82) is 0 Å². The zero-order chi connectivity index (χ0) is 11.6. The highest BCUT2D eigenvalue weighted by Crippen LogP contribution is 2.31. The van der Waals surface area contributed by atoms with Crippen molar-refractivity contribution in [2.75, 3.05) is 5.88 Å². The molecule has 5 heteroatoms. The summed E-state index contributed by atoms with van der Waals surface area (Å²) in [4.78, 5) is 11.9. The Morgan fingerprint density at radius 1 is 1.44 bits per heavy atom. The van der Waals surface area contributed by atoms with Crippen LogP contribution in [-0.2, 0) is 0 Å². The number of hydrogen-bond acceptors (Lipinski definition) is 2. The first kappa shape index (κ1) is 11.8. The summed E-state index contributed by atoms with van der Waals surface area (Å²) in [6, 6.07) is 3.12. The molecule has 1 aromatic heterocycles. The molecule has 0 radical (unpaired) electrons. The summed E-state index contributed by atoms with van der Waals surface area (Å²) in [5, 5.41) is 3.17. The van der Waals surface area contributed by atoms with Crippen LogP contribution in [0.1, 0.15) is 36.2 Å². The minimum atomic E-state index is -0.266. The fraction of sp³-hybridized carbons (Fsp3) is 0.545. The van der Waals surface area contributed by atoms with Gasteiger partial charge in [-0.05, 0) is 36.6 Å². The quantitative estimate of drug-likeness (QED) is 0.850. The van der Waals surface area contributed by atoms with Gasteiger partial charge in [0.2, 0.25) is 0 Å². The van der Waals surface area contributed by atoms with Crippen molar-refractivity contribution in [1.82, 2.24) is 5.32 Å². The Morgan fingerprint density at radius 3 is 2.62 bits per heavy atom. The van der Waals surface area contributed by atoms with E-state index in [1.54, 1.807) is 12.1 Å². The Kier molecular flexibility index (Phi) is 3.45. The van der Waals surface area contributed by atoms with E-state index in [4.69, 9.17) is 27.6 Å². The van der Waals surface area contributed by atoms with Crippen LogP contribution in [-0.4, -0.2) is 17.3 Å².